The van der Waals surface area contributed by atoms with Gasteiger partial charge in [0.25, 0.3) is 5.91 Å². The third-order valence-electron chi connectivity index (χ3n) is 7.08. The number of amides is 2. The zero-order chi connectivity index (χ0) is 23.1. The summed E-state index contributed by atoms with van der Waals surface area (Å²) < 4.78 is 30.4. The summed E-state index contributed by atoms with van der Waals surface area (Å²) in [5, 5.41) is 6.30. The van der Waals surface area contributed by atoms with E-state index in [4.69, 9.17) is 14.2 Å². The number of rotatable bonds is 6. The molecular formula is C25H27FN2O5. The SMILES string of the molecule is Cc1ccc(OCC(=O)NC23CCC(NC(=O)C4Oc5ccccc5O4)(CC2)CC3)cc1F. The van der Waals surface area contributed by atoms with Gasteiger partial charge in [0.2, 0.25) is 0 Å². The molecule has 8 heteroatoms. The monoisotopic (exact) mass is 454 g/mol. The number of ether oxygens (including phenoxy) is 3. The first-order chi connectivity index (χ1) is 15.9. The van der Waals surface area contributed by atoms with Crippen LogP contribution in [-0.4, -0.2) is 35.8 Å². The van der Waals surface area contributed by atoms with Gasteiger partial charge in [-0.3, -0.25) is 9.59 Å². The number of carbonyl (C=O) groups excluding carboxylic acids is 2. The lowest BCUT2D eigenvalue weighted by molar-refractivity contribution is -0.141. The lowest BCUT2D eigenvalue weighted by Gasteiger charge is -2.53. The molecule has 0 spiro atoms. The molecule has 3 fully saturated rings. The Hall–Kier alpha value is -3.29. The Balaban J connectivity index is 1.12. The summed E-state index contributed by atoms with van der Waals surface area (Å²) in [5.41, 5.74) is -0.0653. The molecule has 1 aliphatic heterocycles. The molecule has 2 aromatic carbocycles. The number of hydrogen-bond donors (Lipinski definition) is 2. The number of benzene rings is 2. The van der Waals surface area contributed by atoms with Crippen LogP contribution in [0.4, 0.5) is 4.39 Å². The first-order valence-electron chi connectivity index (χ1n) is 11.3. The van der Waals surface area contributed by atoms with Crippen molar-refractivity contribution in [1.82, 2.24) is 10.6 Å². The maximum absolute atomic E-state index is 13.7. The number of fused-ring (bicyclic) bond motifs is 4. The van der Waals surface area contributed by atoms with Gasteiger partial charge >= 0.3 is 12.2 Å². The first kappa shape index (κ1) is 21.6. The molecule has 174 valence electrons. The second-order valence-electron chi connectivity index (χ2n) is 9.31. The zero-order valence-corrected chi connectivity index (χ0v) is 18.5. The Morgan fingerprint density at radius 2 is 1.55 bits per heavy atom. The Morgan fingerprint density at radius 3 is 2.12 bits per heavy atom. The highest BCUT2D eigenvalue weighted by atomic mass is 19.1. The van der Waals surface area contributed by atoms with Crippen LogP contribution in [0.5, 0.6) is 17.2 Å². The van der Waals surface area contributed by atoms with Crippen LogP contribution in [0.1, 0.15) is 44.1 Å². The van der Waals surface area contributed by atoms with Crippen molar-refractivity contribution in [3.63, 3.8) is 0 Å². The van der Waals surface area contributed by atoms with Gasteiger partial charge in [0, 0.05) is 17.1 Å². The highest BCUT2D eigenvalue weighted by Crippen LogP contribution is 2.47. The Morgan fingerprint density at radius 1 is 0.970 bits per heavy atom. The van der Waals surface area contributed by atoms with Crippen molar-refractivity contribution < 1.29 is 28.2 Å². The van der Waals surface area contributed by atoms with Gasteiger partial charge in [-0.25, -0.2) is 4.39 Å². The molecule has 3 saturated carbocycles. The largest absolute Gasteiger partial charge is 0.484 e. The summed E-state index contributed by atoms with van der Waals surface area (Å²) in [7, 11) is 0. The molecular weight excluding hydrogens is 427 g/mol. The van der Waals surface area contributed by atoms with Crippen molar-refractivity contribution in [2.45, 2.75) is 62.8 Å². The lowest BCUT2D eigenvalue weighted by atomic mass is 9.61. The average Bonchev–Trinajstić information content (AvgIpc) is 3.26. The fourth-order valence-electron chi connectivity index (χ4n) is 5.03. The summed E-state index contributed by atoms with van der Waals surface area (Å²) in [4.78, 5) is 25.3. The highest BCUT2D eigenvalue weighted by Gasteiger charge is 2.51. The zero-order valence-electron chi connectivity index (χ0n) is 18.5. The molecule has 4 aliphatic rings. The fourth-order valence-corrected chi connectivity index (χ4v) is 5.03. The average molecular weight is 454 g/mol. The van der Waals surface area contributed by atoms with Crippen LogP contribution in [0.25, 0.3) is 0 Å². The molecule has 2 amide bonds. The van der Waals surface area contributed by atoms with Gasteiger partial charge in [0.15, 0.2) is 18.1 Å². The van der Waals surface area contributed by atoms with Gasteiger partial charge in [-0.05, 0) is 69.2 Å². The predicted molar refractivity (Wildman–Crippen MR) is 118 cm³/mol. The number of hydrogen-bond acceptors (Lipinski definition) is 5. The van der Waals surface area contributed by atoms with Crippen LogP contribution in [-0.2, 0) is 9.59 Å². The van der Waals surface area contributed by atoms with Gasteiger partial charge in [0.1, 0.15) is 11.6 Å². The minimum Gasteiger partial charge on any atom is -0.484 e. The summed E-state index contributed by atoms with van der Waals surface area (Å²) in [6.07, 6.45) is 3.63. The van der Waals surface area contributed by atoms with E-state index in [0.717, 1.165) is 38.5 Å². The van der Waals surface area contributed by atoms with Gasteiger partial charge < -0.3 is 24.8 Å². The molecule has 7 nitrogen and oxygen atoms in total. The smallest absolute Gasteiger partial charge is 0.321 e. The summed E-state index contributed by atoms with van der Waals surface area (Å²) in [5.74, 6) is 0.614. The van der Waals surface area contributed by atoms with E-state index in [-0.39, 0.29) is 35.3 Å². The van der Waals surface area contributed by atoms with Crippen LogP contribution in [0, 0.1) is 12.7 Å². The van der Waals surface area contributed by atoms with Gasteiger partial charge in [0.05, 0.1) is 0 Å². The van der Waals surface area contributed by atoms with Crippen LogP contribution in [0.2, 0.25) is 0 Å². The minimum absolute atomic E-state index is 0.164. The number of nitrogens with one attached hydrogen (secondary N) is 2. The predicted octanol–water partition coefficient (Wildman–Crippen LogP) is 3.39. The van der Waals surface area contributed by atoms with E-state index in [2.05, 4.69) is 10.6 Å². The van der Waals surface area contributed by atoms with Crippen molar-refractivity contribution in [3.8, 4) is 17.2 Å². The standard InChI is InChI=1S/C25H27FN2O5/c1-16-6-7-17(14-18(16)26)31-15-21(29)27-24-8-11-25(12-9-24,13-10-24)28-22(30)23-32-19-4-2-3-5-20(19)33-23/h2-7,14,23H,8-13,15H2,1H3,(H,27,29)(H,28,30). The van der Waals surface area contributed by atoms with Crippen LogP contribution >= 0.6 is 0 Å². The van der Waals surface area contributed by atoms with E-state index in [1.807, 2.05) is 12.1 Å². The third kappa shape index (κ3) is 4.34. The molecule has 0 unspecified atom stereocenters. The second-order valence-corrected chi connectivity index (χ2v) is 9.31. The van der Waals surface area contributed by atoms with E-state index in [1.165, 1.54) is 6.07 Å². The van der Waals surface area contributed by atoms with Crippen LogP contribution in [0.15, 0.2) is 42.5 Å². The summed E-state index contributed by atoms with van der Waals surface area (Å²) >= 11 is 0. The number of halogens is 1. The third-order valence-corrected chi connectivity index (χ3v) is 7.08. The second kappa shape index (κ2) is 8.24. The van der Waals surface area contributed by atoms with E-state index in [0.29, 0.717) is 22.8 Å². The fraction of sp³-hybridized carbons (Fsp3) is 0.440. The summed E-state index contributed by atoms with van der Waals surface area (Å²) in [6, 6.07) is 11.8. The van der Waals surface area contributed by atoms with Crippen LogP contribution < -0.4 is 24.8 Å². The quantitative estimate of drug-likeness (QED) is 0.699. The summed E-state index contributed by atoms with van der Waals surface area (Å²) in [6.45, 7) is 1.51. The molecule has 0 aromatic heterocycles. The van der Waals surface area contributed by atoms with E-state index in [1.54, 1.807) is 31.2 Å². The van der Waals surface area contributed by atoms with Gasteiger partial charge in [-0.1, -0.05) is 18.2 Å². The molecule has 2 aromatic rings. The topological polar surface area (TPSA) is 85.9 Å². The maximum atomic E-state index is 13.7. The van der Waals surface area contributed by atoms with Gasteiger partial charge in [-0.15, -0.1) is 0 Å². The molecule has 0 atom stereocenters. The lowest BCUT2D eigenvalue weighted by Crippen LogP contribution is -2.65. The molecule has 0 radical (unpaired) electrons. The Bertz CT molecular complexity index is 1040. The molecule has 3 aliphatic carbocycles. The molecule has 2 N–H and O–H groups in total. The van der Waals surface area contributed by atoms with E-state index in [9.17, 15) is 14.0 Å². The molecule has 0 saturated heterocycles. The number of aryl methyl sites for hydroxylation is 1. The maximum Gasteiger partial charge on any atom is 0.321 e. The van der Waals surface area contributed by atoms with Crippen molar-refractivity contribution in [2.24, 2.45) is 0 Å². The Kier molecular flexibility index (Phi) is 5.38. The normalized spacial score (nSPS) is 25.5. The van der Waals surface area contributed by atoms with Crippen molar-refractivity contribution in [3.05, 3.63) is 53.8 Å². The first-order valence-corrected chi connectivity index (χ1v) is 11.3. The minimum atomic E-state index is -0.978. The number of para-hydroxylation sites is 2. The van der Waals surface area contributed by atoms with Crippen molar-refractivity contribution in [1.29, 1.82) is 0 Å². The van der Waals surface area contributed by atoms with Crippen molar-refractivity contribution >= 4 is 11.8 Å². The molecule has 2 bridgehead atoms. The van der Waals surface area contributed by atoms with Gasteiger partial charge in [-0.2, -0.15) is 0 Å². The van der Waals surface area contributed by atoms with E-state index < -0.39 is 6.29 Å². The Labute approximate surface area is 191 Å². The van der Waals surface area contributed by atoms with Crippen LogP contribution in [0.3, 0.4) is 0 Å². The molecule has 1 heterocycles. The molecule has 6 rings (SSSR count). The number of carbonyl (C=O) groups is 2. The van der Waals surface area contributed by atoms with E-state index >= 15 is 0 Å². The highest BCUT2D eigenvalue weighted by molar-refractivity contribution is 5.82. The van der Waals surface area contributed by atoms with Crippen molar-refractivity contribution in [2.75, 3.05) is 6.61 Å². The molecule has 33 heavy (non-hydrogen) atoms.